The van der Waals surface area contributed by atoms with Crippen molar-refractivity contribution in [1.82, 2.24) is 0 Å². The summed E-state index contributed by atoms with van der Waals surface area (Å²) in [6.07, 6.45) is -3.21. The summed E-state index contributed by atoms with van der Waals surface area (Å²) in [5.41, 5.74) is 0.445. The molecule has 0 aliphatic carbocycles. The van der Waals surface area contributed by atoms with Crippen molar-refractivity contribution in [3.8, 4) is 0 Å². The lowest BCUT2D eigenvalue weighted by Gasteiger charge is -2.07. The van der Waals surface area contributed by atoms with Crippen molar-refractivity contribution in [3.05, 3.63) is 46.1 Å². The van der Waals surface area contributed by atoms with E-state index in [1.54, 1.807) is 24.3 Å². The van der Waals surface area contributed by atoms with Gasteiger partial charge in [-0.25, -0.2) is 0 Å². The first kappa shape index (κ1) is 13.3. The number of nitrogens with two attached hydrogens (primary N) is 1. The van der Waals surface area contributed by atoms with Crippen LogP contribution < -0.4 is 5.32 Å². The molecular weight excluding hydrogens is 309 g/mol. The Kier molecular flexibility index (Phi) is 3.87. The second-order valence-corrected chi connectivity index (χ2v) is 4.78. The van der Waals surface area contributed by atoms with Gasteiger partial charge in [0.2, 0.25) is 5.70 Å². The zero-order chi connectivity index (χ0) is 13.2. The molecule has 0 radical (unpaired) electrons. The Labute approximate surface area is 111 Å². The maximum Gasteiger partial charge on any atom is 0.466 e. The summed E-state index contributed by atoms with van der Waals surface area (Å²) in [5.74, 6) is 0. The van der Waals surface area contributed by atoms with E-state index >= 15 is 0 Å². The van der Waals surface area contributed by atoms with Crippen molar-refractivity contribution in [2.24, 2.45) is 4.99 Å². The molecule has 0 spiro atoms. The largest absolute Gasteiger partial charge is 0.466 e. The van der Waals surface area contributed by atoms with Gasteiger partial charge >= 0.3 is 6.18 Å². The standard InChI is InChI=1S/C12H10BrF3N2/c13-9-3-1-8(2-4-9)10-7-11(12(14,15)16)18-6-5-17-10/h1-4,7,18H,5-6H2/p+1. The van der Waals surface area contributed by atoms with Crippen LogP contribution in [0.25, 0.3) is 0 Å². The molecule has 0 saturated heterocycles. The summed E-state index contributed by atoms with van der Waals surface area (Å²) in [7, 11) is 0. The van der Waals surface area contributed by atoms with Crippen molar-refractivity contribution >= 4 is 21.6 Å². The molecule has 0 unspecified atom stereocenters. The highest BCUT2D eigenvalue weighted by Crippen LogP contribution is 2.22. The number of aliphatic imine (C=N–C) groups is 1. The summed E-state index contributed by atoms with van der Waals surface area (Å²) in [6, 6.07) is 7.07. The summed E-state index contributed by atoms with van der Waals surface area (Å²) < 4.78 is 39.0. The normalized spacial score (nSPS) is 16.9. The lowest BCUT2D eigenvalue weighted by molar-refractivity contribution is -0.622. The molecule has 2 rings (SSSR count). The molecule has 0 aromatic heterocycles. The van der Waals surface area contributed by atoms with Gasteiger partial charge in [-0.3, -0.25) is 4.99 Å². The van der Waals surface area contributed by atoms with E-state index in [0.29, 0.717) is 24.4 Å². The SMILES string of the molecule is FC(F)(F)C1=CC(c2ccc(Br)cc2)=NCC[NH2+]1. The molecule has 2 N–H and O–H groups in total. The van der Waals surface area contributed by atoms with Crippen molar-refractivity contribution in [2.45, 2.75) is 6.18 Å². The van der Waals surface area contributed by atoms with E-state index in [-0.39, 0.29) is 0 Å². The number of nitrogens with zero attached hydrogens (tertiary/aromatic N) is 1. The molecule has 0 saturated carbocycles. The Balaban J connectivity index is 2.36. The number of hydrogen-bond donors (Lipinski definition) is 1. The van der Waals surface area contributed by atoms with Crippen LogP contribution >= 0.6 is 15.9 Å². The van der Waals surface area contributed by atoms with Gasteiger partial charge in [0.1, 0.15) is 6.54 Å². The van der Waals surface area contributed by atoms with Crippen LogP contribution in [-0.2, 0) is 0 Å². The Hall–Kier alpha value is -1.14. The number of benzene rings is 1. The molecular formula is C12H11BrF3N2+. The van der Waals surface area contributed by atoms with Crippen LogP contribution in [0, 0.1) is 0 Å². The first-order valence-corrected chi connectivity index (χ1v) is 6.18. The molecule has 2 nitrogen and oxygen atoms in total. The fourth-order valence-electron chi connectivity index (χ4n) is 1.65. The number of allylic oxidation sites excluding steroid dienone is 2. The van der Waals surface area contributed by atoms with Crippen LogP contribution in [0.2, 0.25) is 0 Å². The molecule has 1 aliphatic rings. The van der Waals surface area contributed by atoms with Gasteiger partial charge < -0.3 is 5.32 Å². The van der Waals surface area contributed by atoms with Crippen LogP contribution in [-0.4, -0.2) is 25.0 Å². The highest BCUT2D eigenvalue weighted by atomic mass is 79.9. The van der Waals surface area contributed by atoms with E-state index in [2.05, 4.69) is 20.9 Å². The molecule has 0 amide bonds. The minimum atomic E-state index is -4.32. The molecule has 0 fully saturated rings. The van der Waals surface area contributed by atoms with E-state index in [4.69, 9.17) is 0 Å². The van der Waals surface area contributed by atoms with Crippen LogP contribution in [0.15, 0.2) is 45.5 Å². The molecule has 1 aromatic rings. The van der Waals surface area contributed by atoms with Gasteiger partial charge in [0, 0.05) is 10.5 Å². The highest BCUT2D eigenvalue weighted by Gasteiger charge is 2.38. The molecule has 0 bridgehead atoms. The fourth-order valence-corrected chi connectivity index (χ4v) is 1.91. The number of quaternary nitrogens is 1. The monoisotopic (exact) mass is 319 g/mol. The van der Waals surface area contributed by atoms with E-state index in [0.717, 1.165) is 10.5 Å². The van der Waals surface area contributed by atoms with Gasteiger partial charge in [-0.15, -0.1) is 0 Å². The average Bonchev–Trinajstić information content (AvgIpc) is 2.55. The summed E-state index contributed by atoms with van der Waals surface area (Å²) in [4.78, 5) is 4.18. The van der Waals surface area contributed by atoms with E-state index in [1.165, 1.54) is 5.32 Å². The van der Waals surface area contributed by atoms with Crippen LogP contribution in [0.5, 0.6) is 0 Å². The maximum atomic E-state index is 12.7. The quantitative estimate of drug-likeness (QED) is 0.823. The fraction of sp³-hybridized carbons (Fsp3) is 0.250. The zero-order valence-electron chi connectivity index (χ0n) is 9.34. The molecule has 1 aliphatic heterocycles. The van der Waals surface area contributed by atoms with Gasteiger partial charge in [-0.05, 0) is 17.7 Å². The lowest BCUT2D eigenvalue weighted by atomic mass is 10.1. The van der Waals surface area contributed by atoms with Gasteiger partial charge in [-0.1, -0.05) is 28.1 Å². The summed E-state index contributed by atoms with van der Waals surface area (Å²) >= 11 is 3.29. The zero-order valence-corrected chi connectivity index (χ0v) is 10.9. The van der Waals surface area contributed by atoms with Crippen LogP contribution in [0.1, 0.15) is 5.56 Å². The average molecular weight is 320 g/mol. The lowest BCUT2D eigenvalue weighted by Crippen LogP contribution is -2.85. The Morgan fingerprint density at radius 3 is 2.44 bits per heavy atom. The minimum Gasteiger partial charge on any atom is -0.308 e. The van der Waals surface area contributed by atoms with Gasteiger partial charge in [0.15, 0.2) is 0 Å². The summed E-state index contributed by atoms with van der Waals surface area (Å²) in [5, 5.41) is 1.19. The number of halogens is 4. The van der Waals surface area contributed by atoms with Crippen LogP contribution in [0.4, 0.5) is 13.2 Å². The molecule has 96 valence electrons. The van der Waals surface area contributed by atoms with E-state index in [1.807, 2.05) is 0 Å². The van der Waals surface area contributed by atoms with Crippen molar-refractivity contribution in [2.75, 3.05) is 13.1 Å². The Bertz CT molecular complexity index is 489. The molecule has 1 aromatic carbocycles. The second-order valence-electron chi connectivity index (χ2n) is 3.86. The van der Waals surface area contributed by atoms with Crippen molar-refractivity contribution in [1.29, 1.82) is 0 Å². The minimum absolute atomic E-state index is 0.311. The Morgan fingerprint density at radius 2 is 1.83 bits per heavy atom. The van der Waals surface area contributed by atoms with Crippen molar-refractivity contribution < 1.29 is 18.5 Å². The number of alkyl halides is 3. The smallest absolute Gasteiger partial charge is 0.308 e. The third-order valence-electron chi connectivity index (χ3n) is 2.54. The maximum absolute atomic E-state index is 12.7. The topological polar surface area (TPSA) is 29.0 Å². The van der Waals surface area contributed by atoms with Gasteiger partial charge in [0.05, 0.1) is 12.3 Å². The summed E-state index contributed by atoms with van der Waals surface area (Å²) in [6.45, 7) is 0.687. The number of hydrogen-bond acceptors (Lipinski definition) is 1. The Morgan fingerprint density at radius 1 is 1.17 bits per heavy atom. The van der Waals surface area contributed by atoms with Gasteiger partial charge in [0.25, 0.3) is 0 Å². The molecule has 6 heteroatoms. The first-order chi connectivity index (χ1) is 8.47. The second kappa shape index (κ2) is 5.24. The van der Waals surface area contributed by atoms with Gasteiger partial charge in [-0.2, -0.15) is 13.2 Å². The van der Waals surface area contributed by atoms with Crippen molar-refractivity contribution in [3.63, 3.8) is 0 Å². The first-order valence-electron chi connectivity index (χ1n) is 5.39. The van der Waals surface area contributed by atoms with E-state index in [9.17, 15) is 13.2 Å². The predicted molar refractivity (Wildman–Crippen MR) is 66.5 cm³/mol. The van der Waals surface area contributed by atoms with Crippen LogP contribution in [0.3, 0.4) is 0 Å². The third kappa shape index (κ3) is 3.20. The van der Waals surface area contributed by atoms with E-state index < -0.39 is 11.9 Å². The third-order valence-corrected chi connectivity index (χ3v) is 3.06. The highest BCUT2D eigenvalue weighted by molar-refractivity contribution is 9.10. The predicted octanol–water partition coefficient (Wildman–Crippen LogP) is 2.26. The molecule has 0 atom stereocenters. The molecule has 18 heavy (non-hydrogen) atoms. The molecule has 1 heterocycles. The number of rotatable bonds is 1.